The number of hydrogen-bond acceptors (Lipinski definition) is 5. The van der Waals surface area contributed by atoms with Gasteiger partial charge in [0.1, 0.15) is 0 Å². The first-order valence-electron chi connectivity index (χ1n) is 10.0. The zero-order valence-corrected chi connectivity index (χ0v) is 18.9. The van der Waals surface area contributed by atoms with Gasteiger partial charge in [-0.3, -0.25) is 0 Å². The summed E-state index contributed by atoms with van der Waals surface area (Å²) in [4.78, 5) is 1.54. The molecule has 8 heteroatoms. The van der Waals surface area contributed by atoms with E-state index >= 15 is 0 Å². The number of sulfonamides is 1. The second-order valence-electron chi connectivity index (χ2n) is 8.30. The van der Waals surface area contributed by atoms with Gasteiger partial charge in [0, 0.05) is 29.0 Å². The van der Waals surface area contributed by atoms with Crippen molar-refractivity contribution in [3.63, 3.8) is 0 Å². The van der Waals surface area contributed by atoms with Gasteiger partial charge in [-0.1, -0.05) is 23.7 Å². The average Bonchev–Trinajstić information content (AvgIpc) is 3.06. The predicted octanol–water partition coefficient (Wildman–Crippen LogP) is 4.15. The Hall–Kier alpha value is -0.960. The van der Waals surface area contributed by atoms with Gasteiger partial charge in [-0.15, -0.1) is 11.3 Å². The van der Waals surface area contributed by atoms with Gasteiger partial charge in [0.15, 0.2) is 0 Å². The van der Waals surface area contributed by atoms with E-state index in [1.54, 1.807) is 29.5 Å². The zero-order valence-electron chi connectivity index (χ0n) is 16.5. The van der Waals surface area contributed by atoms with Crippen molar-refractivity contribution < 1.29 is 13.2 Å². The fraction of sp³-hybridized carbons (Fsp3) is 0.524. The smallest absolute Gasteiger partial charge is 0.238 e. The fourth-order valence-electron chi connectivity index (χ4n) is 4.97. The van der Waals surface area contributed by atoms with Crippen LogP contribution in [-0.4, -0.2) is 27.7 Å². The van der Waals surface area contributed by atoms with Crippen LogP contribution in [0.2, 0.25) is 4.34 Å². The summed E-state index contributed by atoms with van der Waals surface area (Å²) in [7, 11) is -3.73. The van der Waals surface area contributed by atoms with E-state index < -0.39 is 10.0 Å². The third-order valence-corrected chi connectivity index (χ3v) is 8.55. The highest BCUT2D eigenvalue weighted by Gasteiger charge is 2.43. The molecule has 2 aliphatic rings. The molecule has 0 saturated carbocycles. The van der Waals surface area contributed by atoms with Crippen molar-refractivity contribution in [1.82, 2.24) is 5.32 Å². The van der Waals surface area contributed by atoms with E-state index in [0.29, 0.717) is 6.04 Å². The van der Waals surface area contributed by atoms with Gasteiger partial charge in [-0.05, 0) is 68.4 Å². The minimum absolute atomic E-state index is 0.00771. The SMILES string of the molecule is CC1CC2(CCCOCCc3cc(Cl)sc32)CC(c2cccc(S(N)(=O)=O)c2)N1. The van der Waals surface area contributed by atoms with Crippen LogP contribution in [0, 0.1) is 0 Å². The molecule has 3 atom stereocenters. The Bertz CT molecular complexity index is 992. The maximum atomic E-state index is 11.8. The summed E-state index contributed by atoms with van der Waals surface area (Å²) in [5.41, 5.74) is 2.27. The van der Waals surface area contributed by atoms with Gasteiger partial charge in [0.25, 0.3) is 0 Å². The highest BCUT2D eigenvalue weighted by atomic mass is 35.5. The minimum atomic E-state index is -3.73. The molecule has 1 aromatic carbocycles. The molecule has 2 aliphatic heterocycles. The van der Waals surface area contributed by atoms with Crippen LogP contribution in [0.5, 0.6) is 0 Å². The predicted molar refractivity (Wildman–Crippen MR) is 117 cm³/mol. The van der Waals surface area contributed by atoms with E-state index in [2.05, 4.69) is 18.3 Å². The molecule has 158 valence electrons. The number of benzene rings is 1. The van der Waals surface area contributed by atoms with E-state index in [1.807, 2.05) is 6.07 Å². The van der Waals surface area contributed by atoms with Crippen LogP contribution >= 0.6 is 22.9 Å². The second kappa shape index (κ2) is 8.29. The van der Waals surface area contributed by atoms with Crippen molar-refractivity contribution in [2.75, 3.05) is 13.2 Å². The highest BCUT2D eigenvalue weighted by molar-refractivity contribution is 7.89. The van der Waals surface area contributed by atoms with Gasteiger partial charge >= 0.3 is 0 Å². The number of nitrogens with one attached hydrogen (secondary N) is 1. The fourth-order valence-corrected chi connectivity index (χ4v) is 7.08. The standard InChI is InChI=1S/C21H27ClN2O3S2/c1-14-12-21(7-3-8-27-9-6-16-11-19(22)28-20(16)21)13-18(24-14)15-4-2-5-17(10-15)29(23,25)26/h2,4-5,10-11,14,18,24H,3,6-9,12-13H2,1H3,(H2,23,25,26). The molecule has 3 N–H and O–H groups in total. The van der Waals surface area contributed by atoms with Crippen molar-refractivity contribution in [2.24, 2.45) is 5.14 Å². The van der Waals surface area contributed by atoms with Gasteiger partial charge in [0.2, 0.25) is 10.0 Å². The monoisotopic (exact) mass is 454 g/mol. The molecule has 1 aromatic heterocycles. The van der Waals surface area contributed by atoms with Gasteiger partial charge < -0.3 is 10.1 Å². The summed E-state index contributed by atoms with van der Waals surface area (Å²) in [5, 5.41) is 9.04. The summed E-state index contributed by atoms with van der Waals surface area (Å²) in [6.07, 6.45) is 4.85. The third kappa shape index (κ3) is 4.55. The van der Waals surface area contributed by atoms with Crippen molar-refractivity contribution >= 4 is 33.0 Å². The first kappa shape index (κ1) is 21.3. The lowest BCUT2D eigenvalue weighted by Gasteiger charge is -2.45. The van der Waals surface area contributed by atoms with Gasteiger partial charge in [-0.2, -0.15) is 0 Å². The summed E-state index contributed by atoms with van der Waals surface area (Å²) in [6, 6.07) is 9.46. The quantitative estimate of drug-likeness (QED) is 0.714. The van der Waals surface area contributed by atoms with Gasteiger partial charge in [-0.25, -0.2) is 13.6 Å². The summed E-state index contributed by atoms with van der Waals surface area (Å²) >= 11 is 8.14. The zero-order chi connectivity index (χ0) is 20.6. The molecule has 1 fully saturated rings. The van der Waals surface area contributed by atoms with E-state index in [-0.39, 0.29) is 16.4 Å². The van der Waals surface area contributed by atoms with Crippen LogP contribution in [0.1, 0.15) is 54.7 Å². The number of piperidine rings is 1. The molecular formula is C21H27ClN2O3S2. The summed E-state index contributed by atoms with van der Waals surface area (Å²) in [6.45, 7) is 3.71. The van der Waals surface area contributed by atoms with Crippen LogP contribution in [0.4, 0.5) is 0 Å². The minimum Gasteiger partial charge on any atom is -0.381 e. The van der Waals surface area contributed by atoms with Crippen molar-refractivity contribution in [3.8, 4) is 0 Å². The number of halogens is 1. The molecule has 29 heavy (non-hydrogen) atoms. The Morgan fingerprint density at radius 3 is 2.90 bits per heavy atom. The third-order valence-electron chi connectivity index (χ3n) is 6.09. The molecule has 3 unspecified atom stereocenters. The Morgan fingerprint density at radius 2 is 2.10 bits per heavy atom. The number of fused-ring (bicyclic) bond motifs is 2. The molecule has 0 radical (unpaired) electrons. The van der Waals surface area contributed by atoms with Crippen LogP contribution < -0.4 is 10.5 Å². The van der Waals surface area contributed by atoms with E-state index in [0.717, 1.165) is 55.2 Å². The molecule has 0 bridgehead atoms. The Morgan fingerprint density at radius 1 is 1.28 bits per heavy atom. The summed E-state index contributed by atoms with van der Waals surface area (Å²) < 4.78 is 30.3. The Kier molecular flexibility index (Phi) is 6.08. The van der Waals surface area contributed by atoms with E-state index in [9.17, 15) is 8.42 Å². The van der Waals surface area contributed by atoms with Crippen LogP contribution in [0.25, 0.3) is 0 Å². The number of nitrogens with two attached hydrogens (primary N) is 1. The van der Waals surface area contributed by atoms with Crippen LogP contribution in [-0.2, 0) is 26.6 Å². The van der Waals surface area contributed by atoms with E-state index in [1.165, 1.54) is 10.4 Å². The Labute approximate surface area is 181 Å². The number of primary sulfonamides is 1. The molecule has 3 heterocycles. The largest absolute Gasteiger partial charge is 0.381 e. The number of thiophene rings is 1. The molecule has 5 nitrogen and oxygen atoms in total. The molecule has 1 spiro atoms. The van der Waals surface area contributed by atoms with Crippen molar-refractivity contribution in [3.05, 3.63) is 50.7 Å². The second-order valence-corrected chi connectivity index (χ2v) is 11.5. The van der Waals surface area contributed by atoms with Crippen LogP contribution in [0.15, 0.2) is 35.2 Å². The van der Waals surface area contributed by atoms with Crippen LogP contribution in [0.3, 0.4) is 0 Å². The molecule has 4 rings (SSSR count). The normalized spacial score (nSPS) is 28.4. The topological polar surface area (TPSA) is 81.4 Å². The van der Waals surface area contributed by atoms with Crippen molar-refractivity contribution in [2.45, 2.75) is 61.4 Å². The van der Waals surface area contributed by atoms with Crippen molar-refractivity contribution in [1.29, 1.82) is 0 Å². The lowest BCUT2D eigenvalue weighted by molar-refractivity contribution is 0.123. The first-order chi connectivity index (χ1) is 13.8. The maximum Gasteiger partial charge on any atom is 0.238 e. The Balaban J connectivity index is 1.75. The summed E-state index contributed by atoms with van der Waals surface area (Å²) in [5.74, 6) is 0. The molecule has 0 amide bonds. The maximum absolute atomic E-state index is 11.8. The molecular weight excluding hydrogens is 428 g/mol. The first-order valence-corrected chi connectivity index (χ1v) is 12.8. The van der Waals surface area contributed by atoms with Gasteiger partial charge in [0.05, 0.1) is 15.8 Å². The molecule has 2 aromatic rings. The highest BCUT2D eigenvalue weighted by Crippen LogP contribution is 2.50. The van der Waals surface area contributed by atoms with E-state index in [4.69, 9.17) is 21.5 Å². The number of rotatable bonds is 2. The lowest BCUT2D eigenvalue weighted by atomic mass is 9.67. The number of ether oxygens (including phenoxy) is 1. The average molecular weight is 455 g/mol. The lowest BCUT2D eigenvalue weighted by Crippen LogP contribution is -2.47. The molecule has 0 aliphatic carbocycles. The number of hydrogen-bond donors (Lipinski definition) is 2. The molecule has 1 saturated heterocycles.